The second-order valence-corrected chi connectivity index (χ2v) is 6.56. The van der Waals surface area contributed by atoms with Crippen molar-refractivity contribution in [3.63, 3.8) is 0 Å². The Kier molecular flexibility index (Phi) is 4.14. The monoisotopic (exact) mass is 308 g/mol. The number of benzene rings is 1. The van der Waals surface area contributed by atoms with Crippen LogP contribution in [-0.2, 0) is 13.0 Å². The Morgan fingerprint density at radius 1 is 0.783 bits per heavy atom. The van der Waals surface area contributed by atoms with E-state index in [1.54, 1.807) is 0 Å². The fourth-order valence-electron chi connectivity index (χ4n) is 3.63. The normalized spacial score (nSPS) is 18.4. The van der Waals surface area contributed by atoms with E-state index in [1.807, 2.05) is 6.20 Å². The zero-order valence-corrected chi connectivity index (χ0v) is 13.6. The first kappa shape index (κ1) is 14.5. The minimum absolute atomic E-state index is 0.906. The summed E-state index contributed by atoms with van der Waals surface area (Å²) >= 11 is 0. The average molecular weight is 308 g/mol. The molecule has 2 aliphatic rings. The standard InChI is InChI=1S/C19H24N4/c1-2-6-13-22(12-5-1)19-20-11-9-18(21-19)23-14-10-16-7-3-4-8-17(16)15-23/h3-4,7-9,11H,1-2,5-6,10,12-15H2. The van der Waals surface area contributed by atoms with E-state index in [0.29, 0.717) is 0 Å². The molecule has 0 aliphatic carbocycles. The van der Waals surface area contributed by atoms with Gasteiger partial charge >= 0.3 is 0 Å². The number of hydrogen-bond acceptors (Lipinski definition) is 4. The Morgan fingerprint density at radius 2 is 1.57 bits per heavy atom. The van der Waals surface area contributed by atoms with Gasteiger partial charge in [-0.3, -0.25) is 0 Å². The van der Waals surface area contributed by atoms with Crippen molar-refractivity contribution in [1.82, 2.24) is 9.97 Å². The predicted octanol–water partition coefficient (Wildman–Crippen LogP) is 3.42. The van der Waals surface area contributed by atoms with Crippen molar-refractivity contribution in [3.8, 4) is 0 Å². The summed E-state index contributed by atoms with van der Waals surface area (Å²) in [6.45, 7) is 4.17. The molecule has 2 aromatic rings. The number of fused-ring (bicyclic) bond motifs is 1. The fraction of sp³-hybridized carbons (Fsp3) is 0.474. The van der Waals surface area contributed by atoms with Crippen LogP contribution in [0, 0.1) is 0 Å². The summed E-state index contributed by atoms with van der Waals surface area (Å²) in [5.41, 5.74) is 2.90. The summed E-state index contributed by atoms with van der Waals surface area (Å²) in [4.78, 5) is 14.1. The molecule has 1 aromatic heterocycles. The molecule has 0 N–H and O–H groups in total. The molecular weight excluding hydrogens is 284 g/mol. The Morgan fingerprint density at radius 3 is 2.39 bits per heavy atom. The van der Waals surface area contributed by atoms with E-state index >= 15 is 0 Å². The van der Waals surface area contributed by atoms with Crippen LogP contribution in [-0.4, -0.2) is 29.6 Å². The van der Waals surface area contributed by atoms with E-state index in [4.69, 9.17) is 4.98 Å². The summed E-state index contributed by atoms with van der Waals surface area (Å²) in [5, 5.41) is 0. The van der Waals surface area contributed by atoms with Crippen molar-refractivity contribution in [2.75, 3.05) is 29.4 Å². The van der Waals surface area contributed by atoms with Gasteiger partial charge in [-0.2, -0.15) is 4.98 Å². The van der Waals surface area contributed by atoms with Gasteiger partial charge in [0.2, 0.25) is 5.95 Å². The van der Waals surface area contributed by atoms with Gasteiger partial charge in [-0.1, -0.05) is 37.1 Å². The van der Waals surface area contributed by atoms with Gasteiger partial charge in [-0.25, -0.2) is 4.98 Å². The molecule has 1 saturated heterocycles. The Hall–Kier alpha value is -2.10. The lowest BCUT2D eigenvalue weighted by Gasteiger charge is -2.30. The first-order valence-electron chi connectivity index (χ1n) is 8.80. The zero-order valence-electron chi connectivity index (χ0n) is 13.6. The summed E-state index contributed by atoms with van der Waals surface area (Å²) in [6.07, 6.45) is 8.19. The molecule has 4 heteroatoms. The third kappa shape index (κ3) is 3.16. The Balaban J connectivity index is 1.55. The first-order chi connectivity index (χ1) is 11.4. The van der Waals surface area contributed by atoms with E-state index in [2.05, 4.69) is 45.1 Å². The van der Waals surface area contributed by atoms with Crippen LogP contribution in [0.25, 0.3) is 0 Å². The van der Waals surface area contributed by atoms with Gasteiger partial charge in [0.05, 0.1) is 0 Å². The third-order valence-corrected chi connectivity index (χ3v) is 4.97. The molecule has 4 nitrogen and oxygen atoms in total. The molecular formula is C19H24N4. The van der Waals surface area contributed by atoms with E-state index in [1.165, 1.54) is 36.8 Å². The highest BCUT2D eigenvalue weighted by molar-refractivity contribution is 5.47. The van der Waals surface area contributed by atoms with Crippen molar-refractivity contribution in [2.45, 2.75) is 38.6 Å². The quantitative estimate of drug-likeness (QED) is 0.851. The topological polar surface area (TPSA) is 32.3 Å². The lowest BCUT2D eigenvalue weighted by atomic mass is 10.00. The number of aromatic nitrogens is 2. The van der Waals surface area contributed by atoms with Crippen molar-refractivity contribution >= 4 is 11.8 Å². The second-order valence-electron chi connectivity index (χ2n) is 6.56. The molecule has 0 atom stereocenters. The smallest absolute Gasteiger partial charge is 0.227 e. The minimum atomic E-state index is 0.906. The molecule has 0 bridgehead atoms. The molecule has 0 radical (unpaired) electrons. The van der Waals surface area contributed by atoms with Crippen LogP contribution < -0.4 is 9.80 Å². The maximum absolute atomic E-state index is 4.88. The average Bonchev–Trinajstić information content (AvgIpc) is 2.91. The first-order valence-corrected chi connectivity index (χ1v) is 8.80. The van der Waals surface area contributed by atoms with Crippen LogP contribution in [0.2, 0.25) is 0 Å². The summed E-state index contributed by atoms with van der Waals surface area (Å²) in [6, 6.07) is 10.8. The minimum Gasteiger partial charge on any atom is -0.352 e. The largest absolute Gasteiger partial charge is 0.352 e. The molecule has 0 amide bonds. The van der Waals surface area contributed by atoms with Crippen LogP contribution >= 0.6 is 0 Å². The highest BCUT2D eigenvalue weighted by Gasteiger charge is 2.19. The van der Waals surface area contributed by atoms with Gasteiger partial charge in [0, 0.05) is 32.4 Å². The van der Waals surface area contributed by atoms with Gasteiger partial charge in [0.15, 0.2) is 0 Å². The molecule has 23 heavy (non-hydrogen) atoms. The molecule has 1 aromatic carbocycles. The van der Waals surface area contributed by atoms with Gasteiger partial charge in [-0.15, -0.1) is 0 Å². The maximum atomic E-state index is 4.88. The number of anilines is 2. The van der Waals surface area contributed by atoms with Crippen molar-refractivity contribution < 1.29 is 0 Å². The SMILES string of the molecule is c1ccc2c(c1)CCN(c1ccnc(N3CCCCCC3)n1)C2. The number of rotatable bonds is 2. The molecule has 4 rings (SSSR count). The van der Waals surface area contributed by atoms with Crippen LogP contribution in [0.4, 0.5) is 11.8 Å². The Labute approximate surface area is 138 Å². The van der Waals surface area contributed by atoms with E-state index in [9.17, 15) is 0 Å². The summed E-state index contributed by atoms with van der Waals surface area (Å²) < 4.78 is 0. The molecule has 2 aliphatic heterocycles. The van der Waals surface area contributed by atoms with Gasteiger partial charge < -0.3 is 9.80 Å². The molecule has 0 saturated carbocycles. The van der Waals surface area contributed by atoms with Gasteiger partial charge in [-0.05, 0) is 36.5 Å². The summed E-state index contributed by atoms with van der Waals surface area (Å²) in [5.74, 6) is 1.97. The zero-order chi connectivity index (χ0) is 15.5. The van der Waals surface area contributed by atoms with Crippen LogP contribution in [0.15, 0.2) is 36.5 Å². The van der Waals surface area contributed by atoms with E-state index in [-0.39, 0.29) is 0 Å². The molecule has 3 heterocycles. The highest BCUT2D eigenvalue weighted by Crippen LogP contribution is 2.24. The Bertz CT molecular complexity index is 662. The highest BCUT2D eigenvalue weighted by atomic mass is 15.3. The second kappa shape index (κ2) is 6.57. The maximum Gasteiger partial charge on any atom is 0.227 e. The van der Waals surface area contributed by atoms with Crippen molar-refractivity contribution in [2.24, 2.45) is 0 Å². The number of hydrogen-bond donors (Lipinski definition) is 0. The number of nitrogens with zero attached hydrogens (tertiary/aromatic N) is 4. The molecule has 1 fully saturated rings. The molecule has 0 spiro atoms. The van der Waals surface area contributed by atoms with Gasteiger partial charge in [0.1, 0.15) is 5.82 Å². The lowest BCUT2D eigenvalue weighted by molar-refractivity contribution is 0.711. The summed E-state index contributed by atoms with van der Waals surface area (Å²) in [7, 11) is 0. The molecule has 0 unspecified atom stereocenters. The third-order valence-electron chi connectivity index (χ3n) is 4.97. The van der Waals surface area contributed by atoms with E-state index < -0.39 is 0 Å². The van der Waals surface area contributed by atoms with Crippen LogP contribution in [0.5, 0.6) is 0 Å². The fourth-order valence-corrected chi connectivity index (χ4v) is 3.63. The van der Waals surface area contributed by atoms with E-state index in [0.717, 1.165) is 44.4 Å². The van der Waals surface area contributed by atoms with Crippen LogP contribution in [0.3, 0.4) is 0 Å². The predicted molar refractivity (Wildman–Crippen MR) is 93.9 cm³/mol. The van der Waals surface area contributed by atoms with Crippen LogP contribution in [0.1, 0.15) is 36.8 Å². The molecule has 120 valence electrons. The lowest BCUT2D eigenvalue weighted by Crippen LogP contribution is -2.32. The van der Waals surface area contributed by atoms with Crippen molar-refractivity contribution in [3.05, 3.63) is 47.7 Å². The van der Waals surface area contributed by atoms with Gasteiger partial charge in [0.25, 0.3) is 0 Å². The van der Waals surface area contributed by atoms with Crippen molar-refractivity contribution in [1.29, 1.82) is 0 Å².